The Hall–Kier alpha value is -1.23. The molecule has 1 heterocycles. The minimum atomic E-state index is 0.349. The van der Waals surface area contributed by atoms with Gasteiger partial charge in [0.1, 0.15) is 5.78 Å². The van der Waals surface area contributed by atoms with Crippen LogP contribution in [0.25, 0.3) is 0 Å². The van der Waals surface area contributed by atoms with Crippen LogP contribution in [0.2, 0.25) is 0 Å². The molecule has 1 saturated carbocycles. The van der Waals surface area contributed by atoms with Gasteiger partial charge in [0.05, 0.1) is 0 Å². The van der Waals surface area contributed by atoms with Gasteiger partial charge in [-0.3, -0.25) is 4.79 Å². The first-order valence-corrected chi connectivity index (χ1v) is 4.41. The van der Waals surface area contributed by atoms with Crippen molar-refractivity contribution in [3.63, 3.8) is 0 Å². The molecule has 0 aromatic carbocycles. The molecule has 5 nitrogen and oxygen atoms in total. The number of nitrogens with one attached hydrogen (secondary N) is 2. The van der Waals surface area contributed by atoms with E-state index in [-0.39, 0.29) is 0 Å². The monoisotopic (exact) mass is 184 g/mol. The highest BCUT2D eigenvalue weighted by Gasteiger charge is 2.20. The van der Waals surface area contributed by atoms with Crippen LogP contribution in [0, 0.1) is 0 Å². The predicted molar refractivity (Wildman–Crippen MR) is 43.8 cm³/mol. The van der Waals surface area contributed by atoms with Gasteiger partial charge in [-0.15, -0.1) is 0 Å². The summed E-state index contributed by atoms with van der Waals surface area (Å²) in [5.74, 6) is 1.08. The van der Waals surface area contributed by atoms with Crippen molar-refractivity contribution in [1.29, 1.82) is 0 Å². The summed E-state index contributed by atoms with van der Waals surface area (Å²) in [5.41, 5.74) is 2.56. The second-order valence-electron chi connectivity index (χ2n) is 3.27. The highest BCUT2D eigenvalue weighted by atomic mass is 17.3. The minimum Gasteiger partial charge on any atom is -0.365 e. The van der Waals surface area contributed by atoms with Crippen LogP contribution in [-0.4, -0.2) is 11.8 Å². The van der Waals surface area contributed by atoms with Gasteiger partial charge in [-0.05, 0) is 12.8 Å². The first-order valence-electron chi connectivity index (χ1n) is 4.41. The molecule has 0 radical (unpaired) electrons. The molecule has 2 aliphatic rings. The van der Waals surface area contributed by atoms with Crippen molar-refractivity contribution in [2.24, 2.45) is 0 Å². The van der Waals surface area contributed by atoms with Crippen LogP contribution in [0.4, 0.5) is 0 Å². The van der Waals surface area contributed by atoms with Crippen molar-refractivity contribution in [2.75, 3.05) is 0 Å². The molecule has 0 spiro atoms. The fraction of sp³-hybridized carbons (Fsp3) is 0.625. The fourth-order valence-electron chi connectivity index (χ4n) is 1.53. The highest BCUT2D eigenvalue weighted by Crippen LogP contribution is 2.15. The molecular formula is C8H12N2O3. The molecule has 72 valence electrons. The van der Waals surface area contributed by atoms with Gasteiger partial charge in [0, 0.05) is 18.9 Å². The van der Waals surface area contributed by atoms with Gasteiger partial charge in [0.2, 0.25) is 0 Å². The van der Waals surface area contributed by atoms with Gasteiger partial charge in [-0.1, -0.05) is 4.99 Å². The summed E-state index contributed by atoms with van der Waals surface area (Å²) in [4.78, 5) is 19.9. The fourth-order valence-corrected chi connectivity index (χ4v) is 1.53. The molecule has 0 unspecified atom stereocenters. The molecule has 0 atom stereocenters. The van der Waals surface area contributed by atoms with Crippen molar-refractivity contribution in [2.45, 2.75) is 31.7 Å². The highest BCUT2D eigenvalue weighted by molar-refractivity contribution is 5.79. The van der Waals surface area contributed by atoms with E-state index in [1.54, 1.807) is 0 Å². The lowest BCUT2D eigenvalue weighted by Crippen LogP contribution is -2.35. The number of hydrogen-bond donors (Lipinski definition) is 2. The Balaban J connectivity index is 1.78. The Morgan fingerprint density at radius 1 is 1.46 bits per heavy atom. The Labute approximate surface area is 76.0 Å². The van der Waals surface area contributed by atoms with Crippen LogP contribution in [-0.2, 0) is 14.7 Å². The SMILES string of the molecule is O=C1CCC(NC2=COON2)CC1. The maximum Gasteiger partial charge on any atom is 0.174 e. The number of hydroxylamine groups is 1. The molecule has 0 aromatic heterocycles. The Morgan fingerprint density at radius 2 is 2.23 bits per heavy atom. The van der Waals surface area contributed by atoms with Gasteiger partial charge < -0.3 is 10.2 Å². The summed E-state index contributed by atoms with van der Waals surface area (Å²) < 4.78 is 0. The third-order valence-corrected chi connectivity index (χ3v) is 2.27. The molecule has 1 fully saturated rings. The zero-order chi connectivity index (χ0) is 9.10. The minimum absolute atomic E-state index is 0.349. The average Bonchev–Trinajstić information content (AvgIpc) is 2.62. The first-order chi connectivity index (χ1) is 6.34. The first kappa shape index (κ1) is 8.37. The lowest BCUT2D eigenvalue weighted by molar-refractivity contribution is -0.266. The van der Waals surface area contributed by atoms with E-state index in [0.717, 1.165) is 18.7 Å². The van der Waals surface area contributed by atoms with Crippen LogP contribution in [0.5, 0.6) is 0 Å². The molecule has 1 aliphatic carbocycles. The smallest absolute Gasteiger partial charge is 0.174 e. The second-order valence-corrected chi connectivity index (χ2v) is 3.27. The van der Waals surface area contributed by atoms with Crippen molar-refractivity contribution in [3.05, 3.63) is 12.1 Å². The summed E-state index contributed by atoms with van der Waals surface area (Å²) in [5, 5.41) is 3.19. The Bertz CT molecular complexity index is 230. The lowest BCUT2D eigenvalue weighted by Gasteiger charge is -2.22. The van der Waals surface area contributed by atoms with E-state index in [1.165, 1.54) is 6.26 Å². The largest absolute Gasteiger partial charge is 0.365 e. The summed E-state index contributed by atoms with van der Waals surface area (Å²) >= 11 is 0. The third kappa shape index (κ3) is 2.12. The quantitative estimate of drug-likeness (QED) is 0.606. The summed E-state index contributed by atoms with van der Waals surface area (Å²) in [6.45, 7) is 0. The van der Waals surface area contributed by atoms with Gasteiger partial charge in [-0.2, -0.15) is 0 Å². The van der Waals surface area contributed by atoms with E-state index in [1.807, 2.05) is 0 Å². The number of carbonyl (C=O) groups excluding carboxylic acids is 1. The summed E-state index contributed by atoms with van der Waals surface area (Å²) in [7, 11) is 0. The van der Waals surface area contributed by atoms with E-state index in [4.69, 9.17) is 0 Å². The molecule has 0 amide bonds. The maximum absolute atomic E-state index is 10.9. The van der Waals surface area contributed by atoms with Crippen LogP contribution < -0.4 is 10.8 Å². The van der Waals surface area contributed by atoms with E-state index < -0.39 is 0 Å². The number of Topliss-reactive ketones (excluding diaryl/α,β-unsaturated/α-hetero) is 1. The van der Waals surface area contributed by atoms with Crippen LogP contribution in [0.3, 0.4) is 0 Å². The van der Waals surface area contributed by atoms with E-state index in [0.29, 0.717) is 24.7 Å². The molecule has 0 saturated heterocycles. The van der Waals surface area contributed by atoms with Crippen LogP contribution in [0.15, 0.2) is 12.1 Å². The lowest BCUT2D eigenvalue weighted by atomic mass is 9.94. The molecule has 0 aromatic rings. The molecule has 0 bridgehead atoms. The predicted octanol–water partition coefficient (Wildman–Crippen LogP) is 0.353. The van der Waals surface area contributed by atoms with Gasteiger partial charge in [0.15, 0.2) is 12.1 Å². The van der Waals surface area contributed by atoms with E-state index in [9.17, 15) is 4.79 Å². The summed E-state index contributed by atoms with van der Waals surface area (Å²) in [6.07, 6.45) is 4.59. The van der Waals surface area contributed by atoms with E-state index in [2.05, 4.69) is 20.7 Å². The standard InChI is InChI=1S/C8H12N2O3/c11-7-3-1-6(2-4-7)9-8-5-12-13-10-8/h5-6,9-10H,1-4H2. The zero-order valence-electron chi connectivity index (χ0n) is 7.21. The Morgan fingerprint density at radius 3 is 2.85 bits per heavy atom. The van der Waals surface area contributed by atoms with E-state index >= 15 is 0 Å². The van der Waals surface area contributed by atoms with Crippen molar-refractivity contribution < 1.29 is 14.7 Å². The zero-order valence-corrected chi connectivity index (χ0v) is 7.21. The Kier molecular flexibility index (Phi) is 2.35. The maximum atomic E-state index is 10.9. The molecule has 2 N–H and O–H groups in total. The number of hydrogen-bond acceptors (Lipinski definition) is 5. The molecule has 2 rings (SSSR count). The molecular weight excluding hydrogens is 172 g/mol. The van der Waals surface area contributed by atoms with Gasteiger partial charge in [0.25, 0.3) is 0 Å². The second kappa shape index (κ2) is 3.66. The van der Waals surface area contributed by atoms with Crippen molar-refractivity contribution in [1.82, 2.24) is 10.8 Å². The summed E-state index contributed by atoms with van der Waals surface area (Å²) in [6, 6.07) is 0.349. The topological polar surface area (TPSA) is 59.6 Å². The number of ketones is 1. The average molecular weight is 184 g/mol. The number of carbonyl (C=O) groups is 1. The van der Waals surface area contributed by atoms with Gasteiger partial charge >= 0.3 is 0 Å². The third-order valence-electron chi connectivity index (χ3n) is 2.27. The van der Waals surface area contributed by atoms with Crippen molar-refractivity contribution in [3.8, 4) is 0 Å². The van der Waals surface area contributed by atoms with Crippen LogP contribution in [0.1, 0.15) is 25.7 Å². The number of rotatable bonds is 2. The van der Waals surface area contributed by atoms with Crippen LogP contribution >= 0.6 is 0 Å². The van der Waals surface area contributed by atoms with Gasteiger partial charge in [-0.25, -0.2) is 5.48 Å². The van der Waals surface area contributed by atoms with Crippen molar-refractivity contribution >= 4 is 5.78 Å². The molecule has 1 aliphatic heterocycles. The molecule has 5 heteroatoms. The molecule has 13 heavy (non-hydrogen) atoms. The normalized spacial score (nSPS) is 23.4.